The van der Waals surface area contributed by atoms with Crippen LogP contribution in [0.2, 0.25) is 0 Å². The van der Waals surface area contributed by atoms with Gasteiger partial charge in [0.15, 0.2) is 22.3 Å². The molecule has 2 aromatic carbocycles. The Balaban J connectivity index is 0.00000210. The van der Waals surface area contributed by atoms with E-state index in [1.807, 2.05) is 48.5 Å². The minimum absolute atomic E-state index is 0. The maximum atomic E-state index is 5.83. The second-order valence-electron chi connectivity index (χ2n) is 5.38. The molecule has 7 nitrogen and oxygen atoms in total. The number of nitrogens with zero attached hydrogens (tertiary/aromatic N) is 4. The second-order valence-corrected chi connectivity index (χ2v) is 6.42. The molecule has 0 spiro atoms. The van der Waals surface area contributed by atoms with Gasteiger partial charge in [-0.1, -0.05) is 23.5 Å². The summed E-state index contributed by atoms with van der Waals surface area (Å²) < 4.78 is 18.0. The fourth-order valence-electron chi connectivity index (χ4n) is 2.51. The van der Waals surface area contributed by atoms with E-state index >= 15 is 0 Å². The second kappa shape index (κ2) is 8.24. The summed E-state index contributed by atoms with van der Waals surface area (Å²) in [6.07, 6.45) is 0. The minimum Gasteiger partial charge on any atom is -0.497 e. The molecule has 2 heterocycles. The number of methoxy groups -OCH3 is 2. The van der Waals surface area contributed by atoms with E-state index in [4.69, 9.17) is 14.2 Å². The van der Waals surface area contributed by atoms with Crippen LogP contribution in [-0.4, -0.2) is 34.0 Å². The molecule has 9 heteroatoms. The molecule has 4 aromatic rings. The molecule has 0 unspecified atom stereocenters. The molecule has 0 aliphatic rings. The van der Waals surface area contributed by atoms with Crippen molar-refractivity contribution in [3.8, 4) is 28.6 Å². The average Bonchev–Trinajstić information content (AvgIpc) is 3.27. The predicted molar refractivity (Wildman–Crippen MR) is 105 cm³/mol. The van der Waals surface area contributed by atoms with Gasteiger partial charge in [0.1, 0.15) is 12.4 Å². The van der Waals surface area contributed by atoms with Gasteiger partial charge in [0.25, 0.3) is 0 Å². The van der Waals surface area contributed by atoms with Crippen LogP contribution in [0.3, 0.4) is 0 Å². The highest BCUT2D eigenvalue weighted by Crippen LogP contribution is 2.28. The summed E-state index contributed by atoms with van der Waals surface area (Å²) >= 11 is 1.44. The van der Waals surface area contributed by atoms with Gasteiger partial charge in [0.2, 0.25) is 4.96 Å². The van der Waals surface area contributed by atoms with Gasteiger partial charge in [0, 0.05) is 5.56 Å². The van der Waals surface area contributed by atoms with Gasteiger partial charge in [-0.25, -0.2) is 0 Å². The SMILES string of the molecule is COc1ccc(-c2nnc3sc(COc4ccccc4OC)nn23)cc1.Cl. The Bertz CT molecular complexity index is 1030. The first-order valence-corrected chi connectivity index (χ1v) is 8.71. The van der Waals surface area contributed by atoms with E-state index in [0.29, 0.717) is 23.9 Å². The van der Waals surface area contributed by atoms with E-state index in [0.717, 1.165) is 21.3 Å². The highest BCUT2D eigenvalue weighted by atomic mass is 35.5. The van der Waals surface area contributed by atoms with Crippen molar-refractivity contribution in [2.45, 2.75) is 6.61 Å². The molecule has 4 rings (SSSR count). The molecule has 140 valence electrons. The zero-order valence-electron chi connectivity index (χ0n) is 14.7. The molecule has 0 fully saturated rings. The van der Waals surface area contributed by atoms with E-state index in [-0.39, 0.29) is 12.4 Å². The molecule has 0 aliphatic carbocycles. The fourth-order valence-corrected chi connectivity index (χ4v) is 3.26. The molecular weight excluding hydrogens is 388 g/mol. The van der Waals surface area contributed by atoms with E-state index < -0.39 is 0 Å². The molecular formula is C18H17ClN4O3S. The number of halogens is 1. The lowest BCUT2D eigenvalue weighted by atomic mass is 10.2. The van der Waals surface area contributed by atoms with E-state index in [1.54, 1.807) is 18.7 Å². The van der Waals surface area contributed by atoms with Gasteiger partial charge >= 0.3 is 0 Å². The lowest BCUT2D eigenvalue weighted by Gasteiger charge is -2.08. The lowest BCUT2D eigenvalue weighted by molar-refractivity contribution is 0.283. The third-order valence-electron chi connectivity index (χ3n) is 3.80. The van der Waals surface area contributed by atoms with Gasteiger partial charge in [-0.2, -0.15) is 9.61 Å². The van der Waals surface area contributed by atoms with Crippen molar-refractivity contribution in [2.24, 2.45) is 0 Å². The monoisotopic (exact) mass is 404 g/mol. The number of benzene rings is 2. The summed E-state index contributed by atoms with van der Waals surface area (Å²) in [5.74, 6) is 2.84. The van der Waals surface area contributed by atoms with Crippen LogP contribution < -0.4 is 14.2 Å². The van der Waals surface area contributed by atoms with Gasteiger partial charge < -0.3 is 14.2 Å². The quantitative estimate of drug-likeness (QED) is 0.485. The van der Waals surface area contributed by atoms with Crippen LogP contribution in [0.4, 0.5) is 0 Å². The molecule has 0 bridgehead atoms. The van der Waals surface area contributed by atoms with Crippen LogP contribution >= 0.6 is 23.7 Å². The molecule has 0 saturated carbocycles. The third kappa shape index (κ3) is 3.81. The van der Waals surface area contributed by atoms with Crippen LogP contribution in [0.25, 0.3) is 16.3 Å². The maximum absolute atomic E-state index is 5.83. The third-order valence-corrected chi connectivity index (χ3v) is 4.67. The first-order chi connectivity index (χ1) is 12.8. The summed E-state index contributed by atoms with van der Waals surface area (Å²) in [7, 11) is 3.26. The molecule has 0 saturated heterocycles. The van der Waals surface area contributed by atoms with Crippen molar-refractivity contribution in [2.75, 3.05) is 14.2 Å². The minimum atomic E-state index is 0. The molecule has 0 aliphatic heterocycles. The summed E-state index contributed by atoms with van der Waals surface area (Å²) in [5, 5.41) is 13.8. The predicted octanol–water partition coefficient (Wildman–Crippen LogP) is 3.87. The van der Waals surface area contributed by atoms with E-state index in [2.05, 4.69) is 15.3 Å². The molecule has 0 radical (unpaired) electrons. The van der Waals surface area contributed by atoms with Crippen molar-refractivity contribution in [3.63, 3.8) is 0 Å². The van der Waals surface area contributed by atoms with Gasteiger partial charge in [-0.3, -0.25) is 0 Å². The Morgan fingerprint density at radius 3 is 2.37 bits per heavy atom. The Morgan fingerprint density at radius 1 is 0.926 bits per heavy atom. The number of rotatable bonds is 6. The molecule has 0 atom stereocenters. The van der Waals surface area contributed by atoms with Crippen molar-refractivity contribution in [3.05, 3.63) is 53.5 Å². The number of aromatic nitrogens is 4. The zero-order valence-corrected chi connectivity index (χ0v) is 16.3. The van der Waals surface area contributed by atoms with E-state index in [9.17, 15) is 0 Å². The van der Waals surface area contributed by atoms with Crippen molar-refractivity contribution < 1.29 is 14.2 Å². The lowest BCUT2D eigenvalue weighted by Crippen LogP contribution is -1.99. The Labute approximate surface area is 165 Å². The Morgan fingerprint density at radius 2 is 1.67 bits per heavy atom. The number of fused-ring (bicyclic) bond motifs is 1. The highest BCUT2D eigenvalue weighted by molar-refractivity contribution is 7.16. The summed E-state index contributed by atoms with van der Waals surface area (Å²) in [6.45, 7) is 0.330. The largest absolute Gasteiger partial charge is 0.497 e. The van der Waals surface area contributed by atoms with Crippen LogP contribution in [0.15, 0.2) is 48.5 Å². The van der Waals surface area contributed by atoms with Crippen LogP contribution in [0, 0.1) is 0 Å². The van der Waals surface area contributed by atoms with E-state index in [1.165, 1.54) is 11.3 Å². The molecule has 27 heavy (non-hydrogen) atoms. The van der Waals surface area contributed by atoms with Crippen molar-refractivity contribution >= 4 is 28.7 Å². The standard InChI is InChI=1S/C18H16N4O3S.ClH/c1-23-13-9-7-12(8-10-13)17-19-20-18-22(17)21-16(26-18)11-25-15-6-4-3-5-14(15)24-2;/h3-10H,11H2,1-2H3;1H. The number of hydrogen-bond donors (Lipinski definition) is 0. The zero-order chi connectivity index (χ0) is 17.9. The van der Waals surface area contributed by atoms with Crippen LogP contribution in [0.1, 0.15) is 5.01 Å². The highest BCUT2D eigenvalue weighted by Gasteiger charge is 2.14. The molecule has 2 aromatic heterocycles. The van der Waals surface area contributed by atoms with Gasteiger partial charge in [-0.15, -0.1) is 22.6 Å². The summed E-state index contributed by atoms with van der Waals surface area (Å²) in [5.41, 5.74) is 0.917. The molecule has 0 N–H and O–H groups in total. The number of hydrogen-bond acceptors (Lipinski definition) is 7. The van der Waals surface area contributed by atoms with Crippen LogP contribution in [0.5, 0.6) is 17.2 Å². The fraction of sp³-hybridized carbons (Fsp3) is 0.167. The Kier molecular flexibility index (Phi) is 5.78. The average molecular weight is 405 g/mol. The first-order valence-electron chi connectivity index (χ1n) is 7.90. The van der Waals surface area contributed by atoms with Crippen molar-refractivity contribution in [1.82, 2.24) is 19.8 Å². The topological polar surface area (TPSA) is 70.8 Å². The summed E-state index contributed by atoms with van der Waals surface area (Å²) in [6, 6.07) is 15.1. The number of para-hydroxylation sites is 2. The van der Waals surface area contributed by atoms with Crippen molar-refractivity contribution in [1.29, 1.82) is 0 Å². The normalized spacial score (nSPS) is 10.4. The maximum Gasteiger partial charge on any atom is 0.235 e. The number of ether oxygens (including phenoxy) is 3. The first kappa shape index (κ1) is 18.9. The smallest absolute Gasteiger partial charge is 0.235 e. The Hall–Kier alpha value is -2.84. The molecule has 0 amide bonds. The van der Waals surface area contributed by atoms with Gasteiger partial charge in [-0.05, 0) is 36.4 Å². The summed E-state index contributed by atoms with van der Waals surface area (Å²) in [4.78, 5) is 0.717. The van der Waals surface area contributed by atoms with Crippen LogP contribution in [-0.2, 0) is 6.61 Å². The van der Waals surface area contributed by atoms with Gasteiger partial charge in [0.05, 0.1) is 14.2 Å².